The molecule has 1 radical (unpaired) electrons. The SMILES string of the molecule is Brc1c[c]cc(Br)c1.[LiH]. The molecular weight excluding hydrogens is 239 g/mol. The molecule has 0 aliphatic heterocycles. The molecule has 0 nitrogen and oxygen atoms in total. The molecule has 0 aliphatic carbocycles. The van der Waals surface area contributed by atoms with E-state index in [-0.39, 0.29) is 18.9 Å². The molecule has 0 bridgehead atoms. The zero-order chi connectivity index (χ0) is 5.98. The van der Waals surface area contributed by atoms with Gasteiger partial charge in [0.05, 0.1) is 0 Å². The van der Waals surface area contributed by atoms with Gasteiger partial charge in [-0.25, -0.2) is 0 Å². The maximum atomic E-state index is 3.30. The first-order valence-electron chi connectivity index (χ1n) is 2.11. The monoisotopic (exact) mass is 241 g/mol. The van der Waals surface area contributed by atoms with Gasteiger partial charge in [0.25, 0.3) is 0 Å². The van der Waals surface area contributed by atoms with Crippen LogP contribution in [0, 0.1) is 6.07 Å². The van der Waals surface area contributed by atoms with Crippen molar-refractivity contribution in [3.05, 3.63) is 33.2 Å². The number of hydrogen-bond acceptors (Lipinski definition) is 0. The van der Waals surface area contributed by atoms with E-state index in [1.165, 1.54) is 0 Å². The van der Waals surface area contributed by atoms with Gasteiger partial charge in [0, 0.05) is 8.95 Å². The molecule has 0 atom stereocenters. The van der Waals surface area contributed by atoms with Crippen LogP contribution < -0.4 is 0 Å². The Balaban J connectivity index is 0.000000640. The first kappa shape index (κ1) is 9.78. The van der Waals surface area contributed by atoms with Crippen molar-refractivity contribution in [1.82, 2.24) is 0 Å². The Morgan fingerprint density at radius 2 is 1.56 bits per heavy atom. The van der Waals surface area contributed by atoms with Crippen LogP contribution in [0.15, 0.2) is 27.1 Å². The van der Waals surface area contributed by atoms with E-state index < -0.39 is 0 Å². The second-order valence-corrected chi connectivity index (χ2v) is 3.20. The molecule has 0 spiro atoms. The first-order chi connectivity index (χ1) is 3.79. The molecule has 0 saturated heterocycles. The van der Waals surface area contributed by atoms with E-state index in [0.717, 1.165) is 8.95 Å². The molecule has 0 aliphatic rings. The summed E-state index contributed by atoms with van der Waals surface area (Å²) in [7, 11) is 0. The first-order valence-corrected chi connectivity index (χ1v) is 3.70. The van der Waals surface area contributed by atoms with Crippen LogP contribution in [0.5, 0.6) is 0 Å². The Hall–Kier alpha value is 0.777. The van der Waals surface area contributed by atoms with Crippen molar-refractivity contribution in [2.24, 2.45) is 0 Å². The Bertz CT molecular complexity index is 171. The molecule has 0 saturated carbocycles. The van der Waals surface area contributed by atoms with Crippen LogP contribution in [0.2, 0.25) is 0 Å². The average Bonchev–Trinajstić information content (AvgIpc) is 1.64. The molecule has 1 rings (SSSR count). The van der Waals surface area contributed by atoms with Crippen LogP contribution in [0.3, 0.4) is 0 Å². The molecule has 0 aromatic heterocycles. The summed E-state index contributed by atoms with van der Waals surface area (Å²) < 4.78 is 2.10. The maximum absolute atomic E-state index is 3.30. The topological polar surface area (TPSA) is 0 Å². The van der Waals surface area contributed by atoms with E-state index in [4.69, 9.17) is 0 Å². The molecule has 0 heterocycles. The predicted molar refractivity (Wildman–Crippen MR) is 47.8 cm³/mol. The minimum absolute atomic E-state index is 0. The fourth-order valence-electron chi connectivity index (χ4n) is 0.416. The Kier molecular flexibility index (Phi) is 4.97. The third-order valence-corrected chi connectivity index (χ3v) is 1.63. The van der Waals surface area contributed by atoms with Crippen molar-refractivity contribution in [3.63, 3.8) is 0 Å². The van der Waals surface area contributed by atoms with Crippen molar-refractivity contribution >= 4 is 50.7 Å². The molecule has 1 aromatic carbocycles. The summed E-state index contributed by atoms with van der Waals surface area (Å²) in [5.74, 6) is 0. The second kappa shape index (κ2) is 4.57. The molecule has 0 amide bonds. The Morgan fingerprint density at radius 3 is 1.78 bits per heavy atom. The van der Waals surface area contributed by atoms with Gasteiger partial charge in [0.15, 0.2) is 0 Å². The quantitative estimate of drug-likeness (QED) is 0.613. The van der Waals surface area contributed by atoms with Crippen LogP contribution in [0.1, 0.15) is 0 Å². The summed E-state index contributed by atoms with van der Waals surface area (Å²) in [4.78, 5) is 0. The predicted octanol–water partition coefficient (Wildman–Crippen LogP) is 2.36. The fraction of sp³-hybridized carbons (Fsp3) is 0. The summed E-state index contributed by atoms with van der Waals surface area (Å²) in [5, 5.41) is 0. The number of hydrogen-bond donors (Lipinski definition) is 0. The molecular formula is C6H4Br2Li. The van der Waals surface area contributed by atoms with Gasteiger partial charge >= 0.3 is 18.9 Å². The van der Waals surface area contributed by atoms with Gasteiger partial charge in [-0.05, 0) is 24.3 Å². The van der Waals surface area contributed by atoms with Crippen LogP contribution in [0.4, 0.5) is 0 Å². The Morgan fingerprint density at radius 1 is 1.11 bits per heavy atom. The average molecular weight is 243 g/mol. The van der Waals surface area contributed by atoms with E-state index in [2.05, 4.69) is 37.9 Å². The van der Waals surface area contributed by atoms with Crippen molar-refractivity contribution in [2.75, 3.05) is 0 Å². The van der Waals surface area contributed by atoms with E-state index >= 15 is 0 Å². The van der Waals surface area contributed by atoms with Gasteiger partial charge < -0.3 is 0 Å². The third-order valence-electron chi connectivity index (χ3n) is 0.718. The normalized spacial score (nSPS) is 8.22. The van der Waals surface area contributed by atoms with E-state index in [1.54, 1.807) is 0 Å². The van der Waals surface area contributed by atoms with Crippen LogP contribution in [-0.4, -0.2) is 18.9 Å². The minimum atomic E-state index is 0. The molecule has 0 unspecified atom stereocenters. The zero-order valence-corrected chi connectivity index (χ0v) is 7.16. The van der Waals surface area contributed by atoms with Gasteiger partial charge in [-0.2, -0.15) is 0 Å². The van der Waals surface area contributed by atoms with Gasteiger partial charge in [-0.1, -0.05) is 31.9 Å². The van der Waals surface area contributed by atoms with Gasteiger partial charge in [-0.15, -0.1) is 0 Å². The Labute approximate surface area is 83.5 Å². The van der Waals surface area contributed by atoms with Crippen LogP contribution in [0.25, 0.3) is 0 Å². The summed E-state index contributed by atoms with van der Waals surface area (Å²) in [6.07, 6.45) is 0. The fourth-order valence-corrected chi connectivity index (χ4v) is 1.48. The van der Waals surface area contributed by atoms with Gasteiger partial charge in [0.2, 0.25) is 0 Å². The van der Waals surface area contributed by atoms with Crippen molar-refractivity contribution in [1.29, 1.82) is 0 Å². The molecule has 43 valence electrons. The van der Waals surface area contributed by atoms with E-state index in [0.29, 0.717) is 0 Å². The standard InChI is InChI=1S/C6H3Br2.Li.H/c7-5-2-1-3-6(8)4-5;;/h2-4H;;. The molecule has 3 heteroatoms. The molecule has 1 aromatic rings. The van der Waals surface area contributed by atoms with Crippen molar-refractivity contribution in [2.45, 2.75) is 0 Å². The van der Waals surface area contributed by atoms with Crippen LogP contribution >= 0.6 is 31.9 Å². The zero-order valence-electron chi connectivity index (χ0n) is 3.99. The summed E-state index contributed by atoms with van der Waals surface area (Å²) in [6, 6.07) is 8.64. The third kappa shape index (κ3) is 3.47. The van der Waals surface area contributed by atoms with Crippen molar-refractivity contribution in [3.8, 4) is 0 Å². The summed E-state index contributed by atoms with van der Waals surface area (Å²) >= 11 is 6.60. The van der Waals surface area contributed by atoms with E-state index in [9.17, 15) is 0 Å². The summed E-state index contributed by atoms with van der Waals surface area (Å²) in [5.41, 5.74) is 0. The number of benzene rings is 1. The van der Waals surface area contributed by atoms with Crippen LogP contribution in [-0.2, 0) is 0 Å². The van der Waals surface area contributed by atoms with Gasteiger partial charge in [0.1, 0.15) is 0 Å². The second-order valence-electron chi connectivity index (χ2n) is 1.37. The van der Waals surface area contributed by atoms with Gasteiger partial charge in [-0.3, -0.25) is 0 Å². The summed E-state index contributed by atoms with van der Waals surface area (Å²) in [6.45, 7) is 0. The number of halogens is 2. The molecule has 0 N–H and O–H groups in total. The van der Waals surface area contributed by atoms with Crippen molar-refractivity contribution < 1.29 is 0 Å². The molecule has 0 fully saturated rings. The van der Waals surface area contributed by atoms with E-state index in [1.807, 2.05) is 18.2 Å². The molecule has 9 heavy (non-hydrogen) atoms. The number of rotatable bonds is 0.